The maximum Gasteiger partial charge on any atom is 0.260 e. The summed E-state index contributed by atoms with van der Waals surface area (Å²) in [4.78, 5) is 15.0. The smallest absolute Gasteiger partial charge is 0.260 e. The number of hydrogen-bond acceptors (Lipinski definition) is 4. The number of amides is 1. The molecule has 0 N–H and O–H groups in total. The van der Waals surface area contributed by atoms with Crippen molar-refractivity contribution >= 4 is 5.91 Å². The lowest BCUT2D eigenvalue weighted by molar-refractivity contribution is -0.0806. The number of benzene rings is 1. The largest absolute Gasteiger partial charge is 0.369 e. The number of carbonyl (C=O) groups is 1. The summed E-state index contributed by atoms with van der Waals surface area (Å²) >= 11 is 0. The summed E-state index contributed by atoms with van der Waals surface area (Å²) in [6, 6.07) is 9.97. The first kappa shape index (κ1) is 15.7. The molecule has 2 aromatic rings. The van der Waals surface area contributed by atoms with E-state index in [-0.39, 0.29) is 24.1 Å². The molecule has 23 heavy (non-hydrogen) atoms. The van der Waals surface area contributed by atoms with Crippen LogP contribution < -0.4 is 0 Å². The van der Waals surface area contributed by atoms with Crippen LogP contribution >= 0.6 is 0 Å². The van der Waals surface area contributed by atoms with Crippen molar-refractivity contribution in [2.24, 2.45) is 0 Å². The Morgan fingerprint density at radius 2 is 1.91 bits per heavy atom. The average Bonchev–Trinajstić information content (AvgIpc) is 2.87. The zero-order valence-electron chi connectivity index (χ0n) is 13.9. The molecule has 2 heterocycles. The van der Waals surface area contributed by atoms with Crippen LogP contribution in [-0.2, 0) is 4.74 Å². The van der Waals surface area contributed by atoms with Gasteiger partial charge in [0.2, 0.25) is 0 Å². The highest BCUT2D eigenvalue weighted by molar-refractivity contribution is 5.96. The molecule has 1 amide bonds. The summed E-state index contributed by atoms with van der Waals surface area (Å²) in [5, 5.41) is 3.91. The molecule has 0 radical (unpaired) electrons. The Labute approximate surface area is 136 Å². The van der Waals surface area contributed by atoms with Crippen LogP contribution in [0.2, 0.25) is 0 Å². The fraction of sp³-hybridized carbons (Fsp3) is 0.444. The third-order valence-electron chi connectivity index (χ3n) is 4.48. The molecular formula is C18H22N2O3. The van der Waals surface area contributed by atoms with Gasteiger partial charge in [0.1, 0.15) is 17.4 Å². The van der Waals surface area contributed by atoms with Gasteiger partial charge in [-0.1, -0.05) is 35.5 Å². The van der Waals surface area contributed by atoms with Crippen LogP contribution in [0.3, 0.4) is 0 Å². The molecule has 3 rings (SSSR count). The fourth-order valence-corrected chi connectivity index (χ4v) is 3.33. The van der Waals surface area contributed by atoms with Gasteiger partial charge in [0.05, 0.1) is 24.4 Å². The Bertz CT molecular complexity index is 676. The second-order valence-corrected chi connectivity index (χ2v) is 6.17. The molecule has 0 aliphatic carbocycles. The van der Waals surface area contributed by atoms with E-state index in [1.54, 1.807) is 13.8 Å². The Morgan fingerprint density at radius 1 is 1.22 bits per heavy atom. The molecule has 1 saturated heterocycles. The summed E-state index contributed by atoms with van der Waals surface area (Å²) in [6.07, 6.45) is -0.128. The third-order valence-corrected chi connectivity index (χ3v) is 4.48. The average molecular weight is 314 g/mol. The molecule has 1 fully saturated rings. The molecule has 122 valence electrons. The standard InChI is InChI=1S/C18H22N2O3/c1-11-10-22-17(15-8-6-5-7-9-15)13(3)20(11)18(21)16-12(2)19-23-14(16)4/h5-9,11,13,17H,10H2,1-4H3/t11-,13-,17-/m1/s1. The number of morpholine rings is 1. The Balaban J connectivity index is 1.92. The first-order valence-electron chi connectivity index (χ1n) is 7.92. The Kier molecular flexibility index (Phi) is 4.22. The van der Waals surface area contributed by atoms with Crippen molar-refractivity contribution in [3.05, 3.63) is 52.9 Å². The lowest BCUT2D eigenvalue weighted by atomic mass is 9.97. The van der Waals surface area contributed by atoms with Gasteiger partial charge in [-0.15, -0.1) is 0 Å². The van der Waals surface area contributed by atoms with Crippen LogP contribution in [0.4, 0.5) is 0 Å². The molecule has 1 aromatic heterocycles. The van der Waals surface area contributed by atoms with Gasteiger partial charge >= 0.3 is 0 Å². The molecule has 1 aliphatic rings. The van der Waals surface area contributed by atoms with Gasteiger partial charge in [0.25, 0.3) is 5.91 Å². The van der Waals surface area contributed by atoms with Crippen LogP contribution in [0, 0.1) is 13.8 Å². The number of hydrogen-bond donors (Lipinski definition) is 0. The normalized spacial score (nSPS) is 24.7. The molecule has 0 saturated carbocycles. The molecule has 0 spiro atoms. The highest BCUT2D eigenvalue weighted by atomic mass is 16.5. The number of aryl methyl sites for hydroxylation is 2. The van der Waals surface area contributed by atoms with E-state index >= 15 is 0 Å². The van der Waals surface area contributed by atoms with Gasteiger partial charge in [-0.05, 0) is 33.3 Å². The van der Waals surface area contributed by atoms with Gasteiger partial charge in [-0.3, -0.25) is 4.79 Å². The Morgan fingerprint density at radius 3 is 2.52 bits per heavy atom. The lowest BCUT2D eigenvalue weighted by Gasteiger charge is -2.43. The van der Waals surface area contributed by atoms with Gasteiger partial charge in [0, 0.05) is 0 Å². The van der Waals surface area contributed by atoms with Gasteiger partial charge in [-0.2, -0.15) is 0 Å². The first-order chi connectivity index (χ1) is 11.0. The van der Waals surface area contributed by atoms with Crippen LogP contribution in [0.25, 0.3) is 0 Å². The van der Waals surface area contributed by atoms with E-state index in [9.17, 15) is 4.79 Å². The number of rotatable bonds is 2. The second-order valence-electron chi connectivity index (χ2n) is 6.17. The first-order valence-corrected chi connectivity index (χ1v) is 7.92. The molecule has 5 nitrogen and oxygen atoms in total. The minimum atomic E-state index is -0.128. The van der Waals surface area contributed by atoms with Crippen molar-refractivity contribution in [1.82, 2.24) is 10.1 Å². The lowest BCUT2D eigenvalue weighted by Crippen LogP contribution is -2.53. The van der Waals surface area contributed by atoms with E-state index in [1.165, 1.54) is 0 Å². The molecule has 1 aliphatic heterocycles. The summed E-state index contributed by atoms with van der Waals surface area (Å²) in [7, 11) is 0. The van der Waals surface area contributed by atoms with E-state index in [4.69, 9.17) is 9.26 Å². The SMILES string of the molecule is Cc1noc(C)c1C(=O)N1[C@H](C)CO[C@@H](c2ccccc2)[C@H]1C. The van der Waals surface area contributed by atoms with Gasteiger partial charge in [-0.25, -0.2) is 0 Å². The van der Waals surface area contributed by atoms with Crippen molar-refractivity contribution < 1.29 is 14.1 Å². The number of carbonyl (C=O) groups excluding carboxylic acids is 1. The number of ether oxygens (including phenoxy) is 1. The zero-order valence-corrected chi connectivity index (χ0v) is 13.9. The van der Waals surface area contributed by atoms with Crippen LogP contribution in [0.1, 0.15) is 47.3 Å². The van der Waals surface area contributed by atoms with Gasteiger partial charge < -0.3 is 14.2 Å². The highest BCUT2D eigenvalue weighted by Gasteiger charge is 2.39. The quantitative estimate of drug-likeness (QED) is 0.853. The van der Waals surface area contributed by atoms with Crippen LogP contribution in [0.15, 0.2) is 34.9 Å². The van der Waals surface area contributed by atoms with Crippen molar-refractivity contribution in [2.75, 3.05) is 6.61 Å². The molecule has 0 unspecified atom stereocenters. The van der Waals surface area contributed by atoms with Crippen LogP contribution in [0.5, 0.6) is 0 Å². The highest BCUT2D eigenvalue weighted by Crippen LogP contribution is 2.32. The van der Waals surface area contributed by atoms with E-state index in [0.29, 0.717) is 23.6 Å². The fourth-order valence-electron chi connectivity index (χ4n) is 3.33. The van der Waals surface area contributed by atoms with Crippen molar-refractivity contribution in [3.8, 4) is 0 Å². The summed E-state index contributed by atoms with van der Waals surface area (Å²) in [6.45, 7) is 8.13. The number of nitrogens with zero attached hydrogens (tertiary/aromatic N) is 2. The van der Waals surface area contributed by atoms with Crippen molar-refractivity contribution in [2.45, 2.75) is 45.9 Å². The van der Waals surface area contributed by atoms with E-state index < -0.39 is 0 Å². The minimum absolute atomic E-state index is 0.00571. The molecule has 0 bridgehead atoms. The number of aromatic nitrogens is 1. The molecule has 5 heteroatoms. The Hall–Kier alpha value is -2.14. The van der Waals surface area contributed by atoms with Crippen molar-refractivity contribution in [1.29, 1.82) is 0 Å². The monoisotopic (exact) mass is 314 g/mol. The van der Waals surface area contributed by atoms with E-state index in [2.05, 4.69) is 5.16 Å². The summed E-state index contributed by atoms with van der Waals surface area (Å²) in [5.74, 6) is 0.528. The predicted octanol–water partition coefficient (Wildman–Crippen LogP) is 3.28. The summed E-state index contributed by atoms with van der Waals surface area (Å²) in [5.41, 5.74) is 2.29. The maximum absolute atomic E-state index is 13.1. The summed E-state index contributed by atoms with van der Waals surface area (Å²) < 4.78 is 11.2. The topological polar surface area (TPSA) is 55.6 Å². The predicted molar refractivity (Wildman–Crippen MR) is 86.2 cm³/mol. The minimum Gasteiger partial charge on any atom is -0.369 e. The second kappa shape index (κ2) is 6.16. The van der Waals surface area contributed by atoms with Crippen molar-refractivity contribution in [3.63, 3.8) is 0 Å². The molecule has 3 atom stereocenters. The molecular weight excluding hydrogens is 292 g/mol. The van der Waals surface area contributed by atoms with Gasteiger partial charge in [0.15, 0.2) is 0 Å². The van der Waals surface area contributed by atoms with E-state index in [1.807, 2.05) is 49.1 Å². The maximum atomic E-state index is 13.1. The zero-order chi connectivity index (χ0) is 16.6. The molecule has 1 aromatic carbocycles. The van der Waals surface area contributed by atoms with Crippen LogP contribution in [-0.4, -0.2) is 34.7 Å². The third kappa shape index (κ3) is 2.77. The van der Waals surface area contributed by atoms with E-state index in [0.717, 1.165) is 5.56 Å².